The van der Waals surface area contributed by atoms with E-state index in [1.807, 2.05) is 0 Å². The predicted molar refractivity (Wildman–Crippen MR) is 115 cm³/mol. The summed E-state index contributed by atoms with van der Waals surface area (Å²) in [7, 11) is 3.01. The van der Waals surface area contributed by atoms with E-state index in [2.05, 4.69) is 0 Å². The first kappa shape index (κ1) is 23.7. The summed E-state index contributed by atoms with van der Waals surface area (Å²) in [5.41, 5.74) is -4.90. The Bertz CT molecular complexity index is 1690. The van der Waals surface area contributed by atoms with Crippen LogP contribution in [0.5, 0.6) is 0 Å². The van der Waals surface area contributed by atoms with Gasteiger partial charge in [-0.1, -0.05) is 12.1 Å². The molecule has 0 saturated carbocycles. The number of carboxylic acids is 1. The zero-order valence-corrected chi connectivity index (χ0v) is 18.1. The number of nitrogens with zero attached hydrogens (tertiary/aromatic N) is 4. The molecular weight excluding hydrogens is 476 g/mol. The van der Waals surface area contributed by atoms with Crippen LogP contribution in [0.1, 0.15) is 21.5 Å². The first-order chi connectivity index (χ1) is 16.3. The van der Waals surface area contributed by atoms with Crippen molar-refractivity contribution in [2.45, 2.75) is 12.7 Å². The highest BCUT2D eigenvalue weighted by molar-refractivity contribution is 5.87. The number of aromatic nitrogens is 4. The maximum Gasteiger partial charge on any atom is 0.419 e. The molecule has 0 unspecified atom stereocenters. The van der Waals surface area contributed by atoms with Crippen molar-refractivity contribution in [3.63, 3.8) is 0 Å². The number of imidazole rings is 1. The summed E-state index contributed by atoms with van der Waals surface area (Å²) in [4.78, 5) is 49.8. The average molecular weight is 492 g/mol. The third-order valence-corrected chi connectivity index (χ3v) is 5.65. The van der Waals surface area contributed by atoms with Crippen molar-refractivity contribution < 1.29 is 27.5 Å². The van der Waals surface area contributed by atoms with Crippen molar-refractivity contribution in [3.8, 4) is 5.69 Å². The first-order valence-corrected chi connectivity index (χ1v) is 9.93. The second-order valence-corrected chi connectivity index (χ2v) is 7.74. The van der Waals surface area contributed by atoms with Crippen LogP contribution < -0.4 is 16.9 Å². The molecule has 9 nitrogen and oxygen atoms in total. The van der Waals surface area contributed by atoms with Crippen LogP contribution in [0.25, 0.3) is 16.7 Å². The molecule has 13 heteroatoms. The second-order valence-electron chi connectivity index (χ2n) is 7.74. The van der Waals surface area contributed by atoms with Crippen molar-refractivity contribution in [2.24, 2.45) is 14.1 Å². The van der Waals surface area contributed by atoms with Crippen LogP contribution in [0.2, 0.25) is 0 Å². The van der Waals surface area contributed by atoms with E-state index in [0.717, 1.165) is 22.9 Å². The summed E-state index contributed by atoms with van der Waals surface area (Å²) in [5, 5.41) is 9.48. The molecule has 0 aliphatic rings. The average Bonchev–Trinajstić information content (AvgIpc) is 3.00. The predicted octanol–water partition coefficient (Wildman–Crippen LogP) is 2.09. The van der Waals surface area contributed by atoms with E-state index in [9.17, 15) is 41.8 Å². The monoisotopic (exact) mass is 492 g/mol. The van der Waals surface area contributed by atoms with Gasteiger partial charge >= 0.3 is 23.5 Å². The topological polar surface area (TPSA) is 108 Å². The lowest BCUT2D eigenvalue weighted by Crippen LogP contribution is -2.42. The Balaban J connectivity index is 1.96. The Morgan fingerprint density at radius 2 is 1.63 bits per heavy atom. The lowest BCUT2D eigenvalue weighted by molar-refractivity contribution is -0.140. The van der Waals surface area contributed by atoms with Crippen molar-refractivity contribution in [1.82, 2.24) is 18.3 Å². The summed E-state index contributed by atoms with van der Waals surface area (Å²) in [6.07, 6.45) is -4.25. The molecule has 0 atom stereocenters. The van der Waals surface area contributed by atoms with E-state index < -0.39 is 52.4 Å². The van der Waals surface area contributed by atoms with Gasteiger partial charge in [-0.25, -0.2) is 18.8 Å². The van der Waals surface area contributed by atoms with Crippen LogP contribution in [-0.2, 0) is 26.8 Å². The van der Waals surface area contributed by atoms with E-state index in [0.29, 0.717) is 21.7 Å². The Kier molecular flexibility index (Phi) is 5.50. The number of alkyl halides is 3. The van der Waals surface area contributed by atoms with Crippen LogP contribution >= 0.6 is 0 Å². The largest absolute Gasteiger partial charge is 0.477 e. The van der Waals surface area contributed by atoms with Crippen LogP contribution in [0, 0.1) is 5.82 Å². The zero-order valence-electron chi connectivity index (χ0n) is 18.1. The van der Waals surface area contributed by atoms with Gasteiger partial charge in [-0.05, 0) is 24.3 Å². The molecule has 2 aromatic carbocycles. The third-order valence-electron chi connectivity index (χ3n) is 5.65. The van der Waals surface area contributed by atoms with Crippen LogP contribution in [0.3, 0.4) is 0 Å². The molecular formula is C22H16F4N4O5. The van der Waals surface area contributed by atoms with Crippen molar-refractivity contribution >= 4 is 17.0 Å². The van der Waals surface area contributed by atoms with Gasteiger partial charge in [0.05, 0.1) is 28.8 Å². The molecule has 0 aliphatic heterocycles. The minimum atomic E-state index is -5.02. The molecule has 0 saturated heterocycles. The normalized spacial score (nSPS) is 11.8. The number of carbonyl (C=O) groups is 1. The van der Waals surface area contributed by atoms with Crippen molar-refractivity contribution in [1.29, 1.82) is 0 Å². The molecule has 0 bridgehead atoms. The van der Waals surface area contributed by atoms with Gasteiger partial charge in [0.2, 0.25) is 0 Å². The molecule has 4 rings (SSSR count). The number of hydrogen-bond donors (Lipinski definition) is 1. The SMILES string of the molecule is Cn1c(=O)n(C)c2cc(-n3cc(C(=O)O)c(=O)n(Cc4cccc(C(F)(F)F)c4F)c3=O)ccc21. The molecule has 0 aliphatic carbocycles. The van der Waals surface area contributed by atoms with Crippen LogP contribution in [0.4, 0.5) is 17.6 Å². The van der Waals surface area contributed by atoms with Crippen molar-refractivity contribution in [2.75, 3.05) is 0 Å². The van der Waals surface area contributed by atoms with E-state index in [1.54, 1.807) is 0 Å². The smallest absolute Gasteiger partial charge is 0.419 e. The van der Waals surface area contributed by atoms with Crippen LogP contribution in [0.15, 0.2) is 57.0 Å². The highest BCUT2D eigenvalue weighted by Gasteiger charge is 2.35. The van der Waals surface area contributed by atoms with Gasteiger partial charge in [0.25, 0.3) is 5.56 Å². The maximum atomic E-state index is 14.6. The number of aromatic carboxylic acids is 1. The Labute approximate surface area is 192 Å². The van der Waals surface area contributed by atoms with E-state index >= 15 is 0 Å². The van der Waals surface area contributed by atoms with Gasteiger partial charge in [0.1, 0.15) is 11.4 Å². The summed E-state index contributed by atoms with van der Waals surface area (Å²) < 4.78 is 57.6. The standard InChI is InChI=1S/C22H16F4N4O5/c1-27-15-7-6-12(8-16(15)28(2)20(27)34)29-10-13(19(32)33)18(31)30(21(29)35)9-11-4-3-5-14(17(11)23)22(24,25)26/h3-8,10H,9H2,1-2H3,(H,32,33). The first-order valence-electron chi connectivity index (χ1n) is 9.93. The van der Waals surface area contributed by atoms with Gasteiger partial charge in [0, 0.05) is 25.9 Å². The van der Waals surface area contributed by atoms with Gasteiger partial charge in [-0.3, -0.25) is 23.1 Å². The number of fused-ring (bicyclic) bond motifs is 1. The lowest BCUT2D eigenvalue weighted by Gasteiger charge is -2.14. The van der Waals surface area contributed by atoms with Crippen molar-refractivity contribution in [3.05, 3.63) is 96.4 Å². The maximum absolute atomic E-state index is 14.6. The Hall–Kier alpha value is -4.42. The van der Waals surface area contributed by atoms with Gasteiger partial charge in [-0.2, -0.15) is 13.2 Å². The van der Waals surface area contributed by atoms with E-state index in [1.165, 1.54) is 41.4 Å². The number of rotatable bonds is 4. The number of benzene rings is 2. The molecule has 0 amide bonds. The number of carboxylic acid groups (broad SMARTS) is 1. The lowest BCUT2D eigenvalue weighted by atomic mass is 10.1. The Morgan fingerprint density at radius 3 is 2.26 bits per heavy atom. The molecule has 2 heterocycles. The van der Waals surface area contributed by atoms with Gasteiger partial charge in [0.15, 0.2) is 0 Å². The third kappa shape index (κ3) is 3.84. The Morgan fingerprint density at radius 1 is 0.971 bits per heavy atom. The number of hydrogen-bond acceptors (Lipinski definition) is 4. The summed E-state index contributed by atoms with van der Waals surface area (Å²) >= 11 is 0. The summed E-state index contributed by atoms with van der Waals surface area (Å²) in [5.74, 6) is -3.38. The summed E-state index contributed by atoms with van der Waals surface area (Å²) in [6.45, 7) is -0.944. The molecule has 2 aromatic heterocycles. The van der Waals surface area contributed by atoms with E-state index in [-0.39, 0.29) is 11.4 Å². The van der Waals surface area contributed by atoms with Gasteiger partial charge < -0.3 is 5.11 Å². The fourth-order valence-corrected chi connectivity index (χ4v) is 3.81. The molecule has 35 heavy (non-hydrogen) atoms. The minimum absolute atomic E-state index is 0.0736. The zero-order chi connectivity index (χ0) is 25.8. The number of halogens is 4. The van der Waals surface area contributed by atoms with Crippen LogP contribution in [-0.4, -0.2) is 29.3 Å². The molecule has 1 N–H and O–H groups in total. The molecule has 182 valence electrons. The molecule has 0 spiro atoms. The highest BCUT2D eigenvalue weighted by atomic mass is 19.4. The quantitative estimate of drug-likeness (QED) is 0.439. The number of aryl methyl sites for hydroxylation is 2. The van der Waals surface area contributed by atoms with E-state index in [4.69, 9.17) is 0 Å². The highest BCUT2D eigenvalue weighted by Crippen LogP contribution is 2.32. The minimum Gasteiger partial charge on any atom is -0.477 e. The summed E-state index contributed by atoms with van der Waals surface area (Å²) in [6, 6.07) is 6.68. The molecule has 4 aromatic rings. The van der Waals surface area contributed by atoms with Gasteiger partial charge in [-0.15, -0.1) is 0 Å². The molecule has 0 radical (unpaired) electrons. The fourth-order valence-electron chi connectivity index (χ4n) is 3.81. The molecule has 0 fully saturated rings. The second kappa shape index (κ2) is 8.11. The fraction of sp³-hybridized carbons (Fsp3) is 0.182.